The van der Waals surface area contributed by atoms with Crippen LogP contribution in [0.1, 0.15) is 15.9 Å². The lowest BCUT2D eigenvalue weighted by atomic mass is 10.0. The molecule has 5 nitrogen and oxygen atoms in total. The molecule has 29 heavy (non-hydrogen) atoms. The fraction of sp³-hybridized carbons (Fsp3) is 0.0417. The summed E-state index contributed by atoms with van der Waals surface area (Å²) in [6.45, 7) is 1.85. The Balaban J connectivity index is 1.61. The van der Waals surface area contributed by atoms with E-state index >= 15 is 0 Å². The molecule has 0 atom stereocenters. The quantitative estimate of drug-likeness (QED) is 0.343. The number of anilines is 1. The van der Waals surface area contributed by atoms with Gasteiger partial charge in [0.2, 0.25) is 0 Å². The second-order valence-corrected chi connectivity index (χ2v) is 6.96. The molecule has 0 saturated heterocycles. The van der Waals surface area contributed by atoms with Crippen molar-refractivity contribution in [3.63, 3.8) is 0 Å². The topological polar surface area (TPSA) is 72.2 Å². The van der Waals surface area contributed by atoms with Crippen molar-refractivity contribution in [1.29, 1.82) is 0 Å². The number of hydrogen-bond donors (Lipinski definition) is 1. The molecule has 0 spiro atoms. The molecular formula is C24H16N2O3. The molecule has 1 amide bonds. The largest absolute Gasteiger partial charge is 0.423 e. The Kier molecular flexibility index (Phi) is 3.88. The average Bonchev–Trinajstić information content (AvgIpc) is 2.72. The summed E-state index contributed by atoms with van der Waals surface area (Å²) < 4.78 is 5.28. The number of carbonyl (C=O) groups excluding carboxylic acids is 1. The predicted molar refractivity (Wildman–Crippen MR) is 114 cm³/mol. The zero-order chi connectivity index (χ0) is 20.0. The van der Waals surface area contributed by atoms with Crippen molar-refractivity contribution in [2.75, 3.05) is 5.32 Å². The van der Waals surface area contributed by atoms with Crippen molar-refractivity contribution < 1.29 is 9.21 Å². The van der Waals surface area contributed by atoms with Crippen LogP contribution in [0.3, 0.4) is 0 Å². The SMILES string of the molecule is Cc1cc(=O)oc2cc(NC(=O)c3cc4ccccc4c4cccnc34)ccc12. The first-order valence-corrected chi connectivity index (χ1v) is 9.22. The van der Waals surface area contributed by atoms with Gasteiger partial charge in [-0.25, -0.2) is 4.79 Å². The van der Waals surface area contributed by atoms with Crippen LogP contribution in [0.2, 0.25) is 0 Å². The molecule has 5 aromatic rings. The molecule has 2 heterocycles. The van der Waals surface area contributed by atoms with Crippen LogP contribution < -0.4 is 10.9 Å². The highest BCUT2D eigenvalue weighted by atomic mass is 16.4. The Morgan fingerprint density at radius 1 is 0.931 bits per heavy atom. The Labute approximate surface area is 165 Å². The number of carbonyl (C=O) groups is 1. The molecule has 0 radical (unpaired) electrons. The maximum absolute atomic E-state index is 13.1. The van der Waals surface area contributed by atoms with E-state index in [0.29, 0.717) is 22.4 Å². The van der Waals surface area contributed by atoms with Crippen molar-refractivity contribution in [2.24, 2.45) is 0 Å². The molecule has 0 bridgehead atoms. The Bertz CT molecular complexity index is 1480. The molecule has 0 saturated carbocycles. The number of benzene rings is 3. The summed E-state index contributed by atoms with van der Waals surface area (Å²) in [5, 5.41) is 6.69. The maximum atomic E-state index is 13.1. The van der Waals surface area contributed by atoms with Crippen molar-refractivity contribution in [1.82, 2.24) is 4.98 Å². The first-order valence-electron chi connectivity index (χ1n) is 9.22. The third-order valence-corrected chi connectivity index (χ3v) is 5.07. The Morgan fingerprint density at radius 2 is 1.76 bits per heavy atom. The van der Waals surface area contributed by atoms with Gasteiger partial charge in [-0.2, -0.15) is 0 Å². The van der Waals surface area contributed by atoms with Gasteiger partial charge in [-0.1, -0.05) is 30.3 Å². The van der Waals surface area contributed by atoms with E-state index in [-0.39, 0.29) is 5.91 Å². The highest BCUT2D eigenvalue weighted by Crippen LogP contribution is 2.28. The van der Waals surface area contributed by atoms with Gasteiger partial charge in [-0.3, -0.25) is 9.78 Å². The summed E-state index contributed by atoms with van der Waals surface area (Å²) in [7, 11) is 0. The predicted octanol–water partition coefficient (Wildman–Crippen LogP) is 5.06. The molecule has 5 heteroatoms. The van der Waals surface area contributed by atoms with E-state index in [2.05, 4.69) is 10.3 Å². The van der Waals surface area contributed by atoms with Gasteiger partial charge < -0.3 is 9.73 Å². The number of fused-ring (bicyclic) bond motifs is 4. The van der Waals surface area contributed by atoms with Crippen molar-refractivity contribution in [2.45, 2.75) is 6.92 Å². The first-order chi connectivity index (χ1) is 14.1. The zero-order valence-electron chi connectivity index (χ0n) is 15.6. The summed E-state index contributed by atoms with van der Waals surface area (Å²) in [6, 6.07) is 20.3. The molecule has 140 valence electrons. The van der Waals surface area contributed by atoms with E-state index in [4.69, 9.17) is 4.42 Å². The van der Waals surface area contributed by atoms with Crippen LogP contribution in [0.25, 0.3) is 32.6 Å². The van der Waals surface area contributed by atoms with E-state index in [0.717, 1.165) is 27.1 Å². The number of rotatable bonds is 2. The fourth-order valence-corrected chi connectivity index (χ4v) is 3.70. The molecule has 0 unspecified atom stereocenters. The number of pyridine rings is 1. The van der Waals surface area contributed by atoms with E-state index in [1.807, 2.05) is 55.5 Å². The van der Waals surface area contributed by atoms with Crippen LogP contribution in [0, 0.1) is 6.92 Å². The summed E-state index contributed by atoms with van der Waals surface area (Å²) in [5.41, 5.74) is 2.54. The molecule has 0 aliphatic heterocycles. The molecule has 3 aromatic carbocycles. The Morgan fingerprint density at radius 3 is 2.66 bits per heavy atom. The normalized spacial score (nSPS) is 11.2. The number of hydrogen-bond acceptors (Lipinski definition) is 4. The van der Waals surface area contributed by atoms with Gasteiger partial charge in [0, 0.05) is 34.8 Å². The molecule has 0 aliphatic rings. The minimum Gasteiger partial charge on any atom is -0.423 e. The molecule has 5 rings (SSSR count). The van der Waals surface area contributed by atoms with Crippen LogP contribution in [-0.4, -0.2) is 10.9 Å². The minimum atomic E-state index is -0.414. The zero-order valence-corrected chi connectivity index (χ0v) is 15.6. The molecule has 2 aromatic heterocycles. The summed E-state index contributed by atoms with van der Waals surface area (Å²) in [4.78, 5) is 29.2. The second kappa shape index (κ2) is 6.56. The number of nitrogens with zero attached hydrogens (tertiary/aromatic N) is 1. The van der Waals surface area contributed by atoms with E-state index in [1.165, 1.54) is 6.07 Å². The fourth-order valence-electron chi connectivity index (χ4n) is 3.70. The number of aryl methyl sites for hydroxylation is 1. The number of aromatic nitrogens is 1. The third-order valence-electron chi connectivity index (χ3n) is 5.07. The van der Waals surface area contributed by atoms with E-state index in [1.54, 1.807) is 18.3 Å². The van der Waals surface area contributed by atoms with Gasteiger partial charge in [-0.15, -0.1) is 0 Å². The van der Waals surface area contributed by atoms with Gasteiger partial charge in [0.25, 0.3) is 5.91 Å². The van der Waals surface area contributed by atoms with Gasteiger partial charge in [-0.05, 0) is 47.5 Å². The maximum Gasteiger partial charge on any atom is 0.336 e. The lowest BCUT2D eigenvalue weighted by molar-refractivity contribution is 0.102. The third kappa shape index (κ3) is 2.93. The number of amides is 1. The van der Waals surface area contributed by atoms with Crippen molar-refractivity contribution >= 4 is 44.2 Å². The number of nitrogens with one attached hydrogen (secondary N) is 1. The highest BCUT2D eigenvalue weighted by molar-refractivity contribution is 6.18. The van der Waals surface area contributed by atoms with Gasteiger partial charge in [0.1, 0.15) is 5.58 Å². The molecular weight excluding hydrogens is 364 g/mol. The van der Waals surface area contributed by atoms with Crippen molar-refractivity contribution in [3.05, 3.63) is 94.5 Å². The van der Waals surface area contributed by atoms with Crippen LogP contribution in [0.4, 0.5) is 5.69 Å². The van der Waals surface area contributed by atoms with Crippen molar-refractivity contribution in [3.8, 4) is 0 Å². The second-order valence-electron chi connectivity index (χ2n) is 6.96. The van der Waals surface area contributed by atoms with Crippen LogP contribution in [-0.2, 0) is 0 Å². The van der Waals surface area contributed by atoms with Gasteiger partial charge in [0.05, 0.1) is 11.1 Å². The molecule has 0 aliphatic carbocycles. The first kappa shape index (κ1) is 17.1. The minimum absolute atomic E-state index is 0.270. The summed E-state index contributed by atoms with van der Waals surface area (Å²) in [5.74, 6) is -0.270. The lowest BCUT2D eigenvalue weighted by Gasteiger charge is -2.11. The van der Waals surface area contributed by atoms with E-state index < -0.39 is 5.63 Å². The lowest BCUT2D eigenvalue weighted by Crippen LogP contribution is -2.13. The van der Waals surface area contributed by atoms with Crippen LogP contribution in [0.5, 0.6) is 0 Å². The van der Waals surface area contributed by atoms with E-state index in [9.17, 15) is 9.59 Å². The van der Waals surface area contributed by atoms with Crippen LogP contribution >= 0.6 is 0 Å². The molecule has 0 fully saturated rings. The summed E-state index contributed by atoms with van der Waals surface area (Å²) in [6.07, 6.45) is 1.68. The average molecular weight is 380 g/mol. The smallest absolute Gasteiger partial charge is 0.336 e. The van der Waals surface area contributed by atoms with Crippen LogP contribution in [0.15, 0.2) is 82.1 Å². The summed E-state index contributed by atoms with van der Waals surface area (Å²) >= 11 is 0. The standard InChI is InChI=1S/C24H16N2O3/c1-14-11-22(27)29-21-13-16(8-9-17(14)21)26-24(28)20-12-15-5-2-3-6-18(15)19-7-4-10-25-23(19)20/h2-13H,1H3,(H,26,28). The monoisotopic (exact) mass is 380 g/mol. The van der Waals surface area contributed by atoms with Gasteiger partial charge in [0.15, 0.2) is 0 Å². The molecule has 1 N–H and O–H groups in total. The highest BCUT2D eigenvalue weighted by Gasteiger charge is 2.15. The Hall–Kier alpha value is -3.99. The van der Waals surface area contributed by atoms with Gasteiger partial charge >= 0.3 is 5.63 Å².